The minimum atomic E-state index is -0.167. The SMILES string of the molecule is CCCCc1ccc(NC(=O)c2ccccc2OCc2ccccc2)cc1. The standard InChI is InChI=1S/C24H25NO2/c1-2-3-9-19-14-16-21(17-15-19)25-24(26)22-12-7-8-13-23(22)27-18-20-10-5-4-6-11-20/h4-8,10-17H,2-3,9,18H2,1H3,(H,25,26). The summed E-state index contributed by atoms with van der Waals surface area (Å²) in [6.45, 7) is 2.61. The highest BCUT2D eigenvalue weighted by Gasteiger charge is 2.12. The van der Waals surface area contributed by atoms with E-state index in [0.29, 0.717) is 17.9 Å². The van der Waals surface area contributed by atoms with Gasteiger partial charge in [0.1, 0.15) is 12.4 Å². The molecule has 0 atom stereocenters. The molecule has 0 aliphatic rings. The van der Waals surface area contributed by atoms with Crippen LogP contribution in [0.3, 0.4) is 0 Å². The maximum Gasteiger partial charge on any atom is 0.259 e. The Morgan fingerprint density at radius 3 is 2.30 bits per heavy atom. The van der Waals surface area contributed by atoms with Gasteiger partial charge in [0.2, 0.25) is 0 Å². The van der Waals surface area contributed by atoms with Gasteiger partial charge in [-0.1, -0.05) is 67.9 Å². The summed E-state index contributed by atoms with van der Waals surface area (Å²) in [5, 5.41) is 2.96. The van der Waals surface area contributed by atoms with Crippen LogP contribution in [0.4, 0.5) is 5.69 Å². The molecule has 0 unspecified atom stereocenters. The second kappa shape index (κ2) is 9.58. The van der Waals surface area contributed by atoms with Crippen LogP contribution in [0.15, 0.2) is 78.9 Å². The minimum Gasteiger partial charge on any atom is -0.488 e. The summed E-state index contributed by atoms with van der Waals surface area (Å²) in [6, 6.07) is 25.3. The highest BCUT2D eigenvalue weighted by Crippen LogP contribution is 2.21. The van der Waals surface area contributed by atoms with Gasteiger partial charge in [-0.2, -0.15) is 0 Å². The van der Waals surface area contributed by atoms with E-state index in [2.05, 4.69) is 24.4 Å². The zero-order valence-corrected chi connectivity index (χ0v) is 15.7. The lowest BCUT2D eigenvalue weighted by Gasteiger charge is -2.12. The van der Waals surface area contributed by atoms with Crippen LogP contribution in [0.2, 0.25) is 0 Å². The molecule has 3 aromatic rings. The second-order valence-electron chi connectivity index (χ2n) is 6.53. The Hall–Kier alpha value is -3.07. The minimum absolute atomic E-state index is 0.167. The molecular formula is C24H25NO2. The van der Waals surface area contributed by atoms with E-state index in [1.54, 1.807) is 6.07 Å². The third kappa shape index (κ3) is 5.45. The molecular weight excluding hydrogens is 334 g/mol. The van der Waals surface area contributed by atoms with Gasteiger partial charge >= 0.3 is 0 Å². The largest absolute Gasteiger partial charge is 0.488 e. The molecule has 1 amide bonds. The molecule has 1 N–H and O–H groups in total. The predicted octanol–water partition coefficient (Wildman–Crippen LogP) is 5.86. The molecule has 138 valence electrons. The lowest BCUT2D eigenvalue weighted by atomic mass is 10.1. The van der Waals surface area contributed by atoms with Gasteiger partial charge in [-0.3, -0.25) is 4.79 Å². The van der Waals surface area contributed by atoms with Crippen molar-refractivity contribution in [3.63, 3.8) is 0 Å². The van der Waals surface area contributed by atoms with Crippen LogP contribution in [0.25, 0.3) is 0 Å². The van der Waals surface area contributed by atoms with Crippen molar-refractivity contribution in [3.8, 4) is 5.75 Å². The summed E-state index contributed by atoms with van der Waals surface area (Å²) < 4.78 is 5.88. The molecule has 0 aromatic heterocycles. The summed E-state index contributed by atoms with van der Waals surface area (Å²) in [5.41, 5.74) is 3.68. The van der Waals surface area contributed by atoms with Crippen molar-refractivity contribution in [1.82, 2.24) is 0 Å². The number of rotatable bonds is 8. The van der Waals surface area contributed by atoms with Gasteiger partial charge in [-0.05, 0) is 48.2 Å². The summed E-state index contributed by atoms with van der Waals surface area (Å²) >= 11 is 0. The number of hydrogen-bond acceptors (Lipinski definition) is 2. The predicted molar refractivity (Wildman–Crippen MR) is 110 cm³/mol. The first-order chi connectivity index (χ1) is 13.3. The number of ether oxygens (including phenoxy) is 1. The molecule has 3 rings (SSSR count). The molecule has 3 nitrogen and oxygen atoms in total. The van der Waals surface area contributed by atoms with Gasteiger partial charge in [0.25, 0.3) is 5.91 Å². The average Bonchev–Trinajstić information content (AvgIpc) is 2.72. The van der Waals surface area contributed by atoms with Gasteiger partial charge in [0.05, 0.1) is 5.56 Å². The molecule has 3 aromatic carbocycles. The topological polar surface area (TPSA) is 38.3 Å². The molecule has 0 saturated heterocycles. The number of carbonyl (C=O) groups excluding carboxylic acids is 1. The summed E-state index contributed by atoms with van der Waals surface area (Å²) in [4.78, 5) is 12.7. The number of amides is 1. The fourth-order valence-electron chi connectivity index (χ4n) is 2.85. The van der Waals surface area contributed by atoms with Crippen LogP contribution in [-0.2, 0) is 13.0 Å². The second-order valence-corrected chi connectivity index (χ2v) is 6.53. The fourth-order valence-corrected chi connectivity index (χ4v) is 2.85. The average molecular weight is 359 g/mol. The van der Waals surface area contributed by atoms with Crippen molar-refractivity contribution in [3.05, 3.63) is 95.6 Å². The molecule has 0 heterocycles. The van der Waals surface area contributed by atoms with Gasteiger partial charge in [0, 0.05) is 5.69 Å². The van der Waals surface area contributed by atoms with Crippen molar-refractivity contribution >= 4 is 11.6 Å². The van der Waals surface area contributed by atoms with Crippen molar-refractivity contribution in [2.24, 2.45) is 0 Å². The number of aryl methyl sites for hydroxylation is 1. The molecule has 0 aliphatic carbocycles. The normalized spacial score (nSPS) is 10.4. The number of anilines is 1. The van der Waals surface area contributed by atoms with Gasteiger partial charge in [0.15, 0.2) is 0 Å². The number of unbranched alkanes of at least 4 members (excludes halogenated alkanes) is 1. The first-order valence-electron chi connectivity index (χ1n) is 9.42. The van der Waals surface area contributed by atoms with Crippen LogP contribution in [0.5, 0.6) is 5.75 Å². The Labute approximate surface area is 161 Å². The maximum absolute atomic E-state index is 12.7. The Bertz CT molecular complexity index is 857. The van der Waals surface area contributed by atoms with Gasteiger partial charge < -0.3 is 10.1 Å². The van der Waals surface area contributed by atoms with Crippen LogP contribution < -0.4 is 10.1 Å². The Morgan fingerprint density at radius 1 is 0.852 bits per heavy atom. The quantitative estimate of drug-likeness (QED) is 0.547. The third-order valence-electron chi connectivity index (χ3n) is 4.40. The van der Waals surface area contributed by atoms with E-state index in [1.165, 1.54) is 18.4 Å². The molecule has 0 aliphatic heterocycles. The van der Waals surface area contributed by atoms with E-state index < -0.39 is 0 Å². The molecule has 0 spiro atoms. The van der Waals surface area contributed by atoms with Gasteiger partial charge in [-0.15, -0.1) is 0 Å². The third-order valence-corrected chi connectivity index (χ3v) is 4.40. The number of hydrogen-bond donors (Lipinski definition) is 1. The zero-order valence-electron chi connectivity index (χ0n) is 15.7. The Balaban J connectivity index is 1.66. The molecule has 0 saturated carbocycles. The maximum atomic E-state index is 12.7. The molecule has 0 bridgehead atoms. The van der Waals surface area contributed by atoms with Crippen molar-refractivity contribution in [1.29, 1.82) is 0 Å². The zero-order chi connectivity index (χ0) is 18.9. The van der Waals surface area contributed by atoms with E-state index >= 15 is 0 Å². The lowest BCUT2D eigenvalue weighted by Crippen LogP contribution is -2.13. The fraction of sp³-hybridized carbons (Fsp3) is 0.208. The van der Waals surface area contributed by atoms with E-state index in [0.717, 1.165) is 17.7 Å². The first kappa shape index (κ1) is 18.7. The van der Waals surface area contributed by atoms with E-state index in [1.807, 2.05) is 60.7 Å². The first-order valence-corrected chi connectivity index (χ1v) is 9.42. The number of nitrogens with one attached hydrogen (secondary N) is 1. The summed E-state index contributed by atoms with van der Waals surface area (Å²) in [5.74, 6) is 0.415. The smallest absolute Gasteiger partial charge is 0.259 e. The monoisotopic (exact) mass is 359 g/mol. The highest BCUT2D eigenvalue weighted by atomic mass is 16.5. The molecule has 0 fully saturated rings. The lowest BCUT2D eigenvalue weighted by molar-refractivity contribution is 0.102. The van der Waals surface area contributed by atoms with Crippen molar-refractivity contribution in [2.45, 2.75) is 32.8 Å². The van der Waals surface area contributed by atoms with E-state index in [4.69, 9.17) is 4.74 Å². The van der Waals surface area contributed by atoms with Gasteiger partial charge in [-0.25, -0.2) is 0 Å². The van der Waals surface area contributed by atoms with E-state index in [-0.39, 0.29) is 5.91 Å². The molecule has 27 heavy (non-hydrogen) atoms. The highest BCUT2D eigenvalue weighted by molar-refractivity contribution is 6.06. The molecule has 0 radical (unpaired) electrons. The summed E-state index contributed by atoms with van der Waals surface area (Å²) in [6.07, 6.45) is 3.43. The van der Waals surface area contributed by atoms with Crippen LogP contribution >= 0.6 is 0 Å². The number of carbonyl (C=O) groups is 1. The number of para-hydroxylation sites is 1. The summed E-state index contributed by atoms with van der Waals surface area (Å²) in [7, 11) is 0. The Morgan fingerprint density at radius 2 is 1.56 bits per heavy atom. The van der Waals surface area contributed by atoms with Crippen LogP contribution in [0.1, 0.15) is 41.3 Å². The van der Waals surface area contributed by atoms with Crippen LogP contribution in [0, 0.1) is 0 Å². The van der Waals surface area contributed by atoms with Crippen molar-refractivity contribution < 1.29 is 9.53 Å². The Kier molecular flexibility index (Phi) is 6.64. The number of benzene rings is 3. The molecule has 3 heteroatoms. The van der Waals surface area contributed by atoms with Crippen molar-refractivity contribution in [2.75, 3.05) is 5.32 Å². The van der Waals surface area contributed by atoms with E-state index in [9.17, 15) is 4.79 Å². The van der Waals surface area contributed by atoms with Crippen LogP contribution in [-0.4, -0.2) is 5.91 Å².